The molecule has 0 heterocycles. The summed E-state index contributed by atoms with van der Waals surface area (Å²) in [6, 6.07) is 17.4. The van der Waals surface area contributed by atoms with E-state index in [0.717, 1.165) is 6.54 Å². The standard InChI is InChI=1S/C18H24N2/c1-14-7-6-9-16(11-14)13-20(3)18(12-19)17-10-5-4-8-15(17)2/h4-11,18H,12-13,19H2,1-3H3. The molecule has 0 fully saturated rings. The number of likely N-dealkylation sites (N-methyl/N-ethyl adjacent to an activating group) is 1. The first-order valence-electron chi connectivity index (χ1n) is 7.13. The summed E-state index contributed by atoms with van der Waals surface area (Å²) in [6.45, 7) is 5.83. The first kappa shape index (κ1) is 14.8. The molecule has 1 atom stereocenters. The monoisotopic (exact) mass is 268 g/mol. The van der Waals surface area contributed by atoms with E-state index in [4.69, 9.17) is 5.73 Å². The van der Waals surface area contributed by atoms with Gasteiger partial charge in [0.2, 0.25) is 0 Å². The summed E-state index contributed by atoms with van der Waals surface area (Å²) < 4.78 is 0. The van der Waals surface area contributed by atoms with Crippen LogP contribution in [-0.4, -0.2) is 18.5 Å². The first-order valence-corrected chi connectivity index (χ1v) is 7.13. The molecule has 106 valence electrons. The number of rotatable bonds is 5. The van der Waals surface area contributed by atoms with Crippen LogP contribution in [0.5, 0.6) is 0 Å². The second-order valence-electron chi connectivity index (χ2n) is 5.51. The maximum atomic E-state index is 6.02. The number of nitrogens with two attached hydrogens (primary N) is 1. The third-order valence-electron chi connectivity index (χ3n) is 3.82. The molecule has 0 aliphatic heterocycles. The smallest absolute Gasteiger partial charge is 0.0473 e. The van der Waals surface area contributed by atoms with Crippen LogP contribution in [0.4, 0.5) is 0 Å². The summed E-state index contributed by atoms with van der Waals surface area (Å²) in [5.41, 5.74) is 11.3. The zero-order valence-electron chi connectivity index (χ0n) is 12.6. The third-order valence-corrected chi connectivity index (χ3v) is 3.82. The minimum Gasteiger partial charge on any atom is -0.329 e. The summed E-state index contributed by atoms with van der Waals surface area (Å²) in [6.07, 6.45) is 0. The van der Waals surface area contributed by atoms with E-state index in [1.807, 2.05) is 0 Å². The lowest BCUT2D eigenvalue weighted by Gasteiger charge is -2.28. The van der Waals surface area contributed by atoms with Crippen molar-refractivity contribution in [3.05, 3.63) is 70.8 Å². The Balaban J connectivity index is 2.18. The van der Waals surface area contributed by atoms with Crippen LogP contribution in [0.15, 0.2) is 48.5 Å². The van der Waals surface area contributed by atoms with Crippen molar-refractivity contribution in [2.45, 2.75) is 26.4 Å². The van der Waals surface area contributed by atoms with Crippen LogP contribution in [0, 0.1) is 13.8 Å². The molecule has 0 saturated heterocycles. The predicted octanol–water partition coefficient (Wildman–Crippen LogP) is 3.44. The van der Waals surface area contributed by atoms with Gasteiger partial charge < -0.3 is 5.73 Å². The van der Waals surface area contributed by atoms with E-state index in [0.29, 0.717) is 6.54 Å². The van der Waals surface area contributed by atoms with Crippen molar-refractivity contribution in [3.63, 3.8) is 0 Å². The summed E-state index contributed by atoms with van der Waals surface area (Å²) in [5.74, 6) is 0. The second-order valence-corrected chi connectivity index (χ2v) is 5.51. The molecule has 2 heteroatoms. The fourth-order valence-corrected chi connectivity index (χ4v) is 2.71. The number of benzene rings is 2. The van der Waals surface area contributed by atoms with Crippen LogP contribution in [-0.2, 0) is 6.54 Å². The lowest BCUT2D eigenvalue weighted by atomic mass is 9.99. The van der Waals surface area contributed by atoms with Gasteiger partial charge in [-0.3, -0.25) is 4.90 Å². The molecular formula is C18H24N2. The first-order chi connectivity index (χ1) is 9.61. The van der Waals surface area contributed by atoms with E-state index in [1.165, 1.54) is 22.3 Å². The molecule has 1 unspecified atom stereocenters. The SMILES string of the molecule is Cc1cccc(CN(C)C(CN)c2ccccc2C)c1. The minimum absolute atomic E-state index is 0.261. The molecule has 0 aliphatic carbocycles. The molecule has 0 aliphatic rings. The van der Waals surface area contributed by atoms with E-state index < -0.39 is 0 Å². The number of nitrogens with zero attached hydrogens (tertiary/aromatic N) is 1. The van der Waals surface area contributed by atoms with E-state index in [9.17, 15) is 0 Å². The van der Waals surface area contributed by atoms with E-state index in [2.05, 4.69) is 74.3 Å². The lowest BCUT2D eigenvalue weighted by Crippen LogP contribution is -2.30. The molecule has 0 spiro atoms. The Morgan fingerprint density at radius 1 is 1.05 bits per heavy atom. The molecule has 0 bridgehead atoms. The van der Waals surface area contributed by atoms with Crippen LogP contribution >= 0.6 is 0 Å². The number of hydrogen-bond donors (Lipinski definition) is 1. The van der Waals surface area contributed by atoms with Gasteiger partial charge in [0, 0.05) is 19.1 Å². The van der Waals surface area contributed by atoms with Gasteiger partial charge in [0.25, 0.3) is 0 Å². The Kier molecular flexibility index (Phi) is 4.94. The van der Waals surface area contributed by atoms with Crippen LogP contribution in [0.3, 0.4) is 0 Å². The van der Waals surface area contributed by atoms with Crippen molar-refractivity contribution in [3.8, 4) is 0 Å². The van der Waals surface area contributed by atoms with Gasteiger partial charge in [0.15, 0.2) is 0 Å². The topological polar surface area (TPSA) is 29.3 Å². The molecule has 2 aromatic carbocycles. The highest BCUT2D eigenvalue weighted by molar-refractivity contribution is 5.29. The van der Waals surface area contributed by atoms with Crippen molar-refractivity contribution in [2.24, 2.45) is 5.73 Å². The summed E-state index contributed by atoms with van der Waals surface area (Å²) in [7, 11) is 2.15. The van der Waals surface area contributed by atoms with Crippen LogP contribution in [0.25, 0.3) is 0 Å². The Morgan fingerprint density at radius 3 is 2.45 bits per heavy atom. The van der Waals surface area contributed by atoms with E-state index in [1.54, 1.807) is 0 Å². The van der Waals surface area contributed by atoms with Gasteiger partial charge in [-0.25, -0.2) is 0 Å². The summed E-state index contributed by atoms with van der Waals surface area (Å²) in [5, 5.41) is 0. The quantitative estimate of drug-likeness (QED) is 0.900. The van der Waals surface area contributed by atoms with Crippen molar-refractivity contribution in [1.82, 2.24) is 4.90 Å². The molecule has 0 radical (unpaired) electrons. The predicted molar refractivity (Wildman–Crippen MR) is 85.6 cm³/mol. The Labute approximate surface area is 122 Å². The zero-order chi connectivity index (χ0) is 14.5. The molecule has 2 rings (SSSR count). The molecule has 2 aromatic rings. The van der Waals surface area contributed by atoms with E-state index in [-0.39, 0.29) is 6.04 Å². The van der Waals surface area contributed by atoms with Crippen molar-refractivity contribution in [2.75, 3.05) is 13.6 Å². The molecule has 0 aromatic heterocycles. The summed E-state index contributed by atoms with van der Waals surface area (Å²) >= 11 is 0. The highest BCUT2D eigenvalue weighted by Gasteiger charge is 2.17. The Hall–Kier alpha value is -1.64. The van der Waals surface area contributed by atoms with Gasteiger partial charge in [0.05, 0.1) is 0 Å². The van der Waals surface area contributed by atoms with Gasteiger partial charge in [0.1, 0.15) is 0 Å². The molecule has 2 nitrogen and oxygen atoms in total. The highest BCUT2D eigenvalue weighted by Crippen LogP contribution is 2.23. The third kappa shape index (κ3) is 3.47. The Bertz CT molecular complexity index is 563. The van der Waals surface area contributed by atoms with Gasteiger partial charge >= 0.3 is 0 Å². The van der Waals surface area contributed by atoms with Gasteiger partial charge in [-0.1, -0.05) is 54.1 Å². The van der Waals surface area contributed by atoms with Gasteiger partial charge in [-0.2, -0.15) is 0 Å². The van der Waals surface area contributed by atoms with Crippen LogP contribution in [0.2, 0.25) is 0 Å². The average Bonchev–Trinajstić information content (AvgIpc) is 2.41. The molecule has 0 amide bonds. The van der Waals surface area contributed by atoms with Crippen LogP contribution in [0.1, 0.15) is 28.3 Å². The van der Waals surface area contributed by atoms with E-state index >= 15 is 0 Å². The largest absolute Gasteiger partial charge is 0.329 e. The molecule has 2 N–H and O–H groups in total. The number of aryl methyl sites for hydroxylation is 2. The normalized spacial score (nSPS) is 12.7. The van der Waals surface area contributed by atoms with Crippen molar-refractivity contribution in [1.29, 1.82) is 0 Å². The van der Waals surface area contributed by atoms with Gasteiger partial charge in [-0.05, 0) is 37.6 Å². The zero-order valence-corrected chi connectivity index (χ0v) is 12.6. The fraction of sp³-hybridized carbons (Fsp3) is 0.333. The lowest BCUT2D eigenvalue weighted by molar-refractivity contribution is 0.241. The van der Waals surface area contributed by atoms with Crippen molar-refractivity contribution < 1.29 is 0 Å². The Morgan fingerprint density at radius 2 is 1.80 bits per heavy atom. The number of hydrogen-bond acceptors (Lipinski definition) is 2. The summed E-state index contributed by atoms with van der Waals surface area (Å²) in [4.78, 5) is 2.33. The fourth-order valence-electron chi connectivity index (χ4n) is 2.71. The maximum absolute atomic E-state index is 6.02. The maximum Gasteiger partial charge on any atom is 0.0473 e. The minimum atomic E-state index is 0.261. The second kappa shape index (κ2) is 6.69. The average molecular weight is 268 g/mol. The highest BCUT2D eigenvalue weighted by atomic mass is 15.1. The molecular weight excluding hydrogens is 244 g/mol. The van der Waals surface area contributed by atoms with Crippen LogP contribution < -0.4 is 5.73 Å². The molecule has 20 heavy (non-hydrogen) atoms. The molecule has 0 saturated carbocycles. The van der Waals surface area contributed by atoms with Crippen molar-refractivity contribution >= 4 is 0 Å². The van der Waals surface area contributed by atoms with Gasteiger partial charge in [-0.15, -0.1) is 0 Å².